The van der Waals surface area contributed by atoms with Crippen LogP contribution in [0.25, 0.3) is 11.0 Å². The van der Waals surface area contributed by atoms with Gasteiger partial charge in [-0.05, 0) is 18.2 Å². The van der Waals surface area contributed by atoms with Crippen molar-refractivity contribution in [2.45, 2.75) is 0 Å². The van der Waals surface area contributed by atoms with Crippen molar-refractivity contribution in [1.82, 2.24) is 0 Å². The normalized spacial score (nSPS) is 10.0. The maximum Gasteiger partial charge on any atom is 0.151 e. The lowest BCUT2D eigenvalue weighted by Gasteiger charge is -1.92. The van der Waals surface area contributed by atoms with Gasteiger partial charge in [-0.2, -0.15) is 5.26 Å². The summed E-state index contributed by atoms with van der Waals surface area (Å²) in [6.45, 7) is 0. The Kier molecular flexibility index (Phi) is 1.53. The van der Waals surface area contributed by atoms with E-state index < -0.39 is 0 Å². The molecule has 2 aromatic rings. The zero-order chi connectivity index (χ0) is 8.55. The van der Waals surface area contributed by atoms with E-state index in [1.807, 2.05) is 6.07 Å². The van der Waals surface area contributed by atoms with Gasteiger partial charge in [0.2, 0.25) is 0 Å². The Balaban J connectivity index is 2.91. The van der Waals surface area contributed by atoms with E-state index in [1.54, 1.807) is 24.5 Å². The lowest BCUT2D eigenvalue weighted by Crippen LogP contribution is -1.74. The summed E-state index contributed by atoms with van der Waals surface area (Å²) in [5.41, 5.74) is 1.07. The van der Waals surface area contributed by atoms with Gasteiger partial charge in [0.25, 0.3) is 0 Å². The summed E-state index contributed by atoms with van der Waals surface area (Å²) in [6.07, 6.45) is 1.54. The number of nitrogens with zero attached hydrogens (tertiary/aromatic N) is 1. The number of hydrogen-bond acceptors (Lipinski definition) is 2. The van der Waals surface area contributed by atoms with Gasteiger partial charge in [0, 0.05) is 10.4 Å². The lowest BCUT2D eigenvalue weighted by molar-refractivity contribution is 0.615. The molecule has 12 heavy (non-hydrogen) atoms. The first kappa shape index (κ1) is 7.20. The van der Waals surface area contributed by atoms with Crippen LogP contribution in [0.4, 0.5) is 0 Å². The van der Waals surface area contributed by atoms with Crippen LogP contribution in [0.1, 0.15) is 5.56 Å². The Hall–Kier alpha value is -1.46. The number of rotatable bonds is 0. The molecule has 0 fully saturated rings. The van der Waals surface area contributed by atoms with E-state index in [0.29, 0.717) is 16.2 Å². The second-order valence-electron chi connectivity index (χ2n) is 2.40. The van der Waals surface area contributed by atoms with Gasteiger partial charge < -0.3 is 4.42 Å². The number of hydrogen-bond donors (Lipinski definition) is 0. The Labute approximate surface area is 74.0 Å². The van der Waals surface area contributed by atoms with Crippen LogP contribution in [0, 0.1) is 11.3 Å². The summed E-state index contributed by atoms with van der Waals surface area (Å²) in [5, 5.41) is 10.1. The van der Waals surface area contributed by atoms with E-state index in [9.17, 15) is 0 Å². The molecule has 0 saturated carbocycles. The van der Waals surface area contributed by atoms with Crippen molar-refractivity contribution in [1.29, 1.82) is 5.26 Å². The summed E-state index contributed by atoms with van der Waals surface area (Å²) in [5.74, 6) is 0. The molecule has 0 spiro atoms. The first-order chi connectivity index (χ1) is 5.81. The second-order valence-corrected chi connectivity index (χ2v) is 2.84. The molecule has 0 saturated heterocycles. The Morgan fingerprint density at radius 1 is 1.42 bits per heavy atom. The standard InChI is InChI=1S/C9H4ClNO/c10-8-3-6-1-2-12-9(6)7(4-8)5-11/h1-4H. The van der Waals surface area contributed by atoms with Crippen molar-refractivity contribution in [2.24, 2.45) is 0 Å². The molecule has 0 aliphatic carbocycles. The molecule has 1 heterocycles. The third-order valence-electron chi connectivity index (χ3n) is 1.64. The van der Waals surface area contributed by atoms with Crippen LogP contribution in [0.5, 0.6) is 0 Å². The van der Waals surface area contributed by atoms with Crippen molar-refractivity contribution in [2.75, 3.05) is 0 Å². The van der Waals surface area contributed by atoms with Crippen molar-refractivity contribution in [3.8, 4) is 6.07 Å². The largest absolute Gasteiger partial charge is 0.463 e. The van der Waals surface area contributed by atoms with Gasteiger partial charge in [-0.25, -0.2) is 0 Å². The smallest absolute Gasteiger partial charge is 0.151 e. The van der Waals surface area contributed by atoms with Crippen LogP contribution in [0.3, 0.4) is 0 Å². The third kappa shape index (κ3) is 0.956. The van der Waals surface area contributed by atoms with Gasteiger partial charge in [0.15, 0.2) is 5.58 Å². The van der Waals surface area contributed by atoms with Crippen LogP contribution in [-0.4, -0.2) is 0 Å². The van der Waals surface area contributed by atoms with E-state index in [4.69, 9.17) is 21.3 Å². The number of furan rings is 1. The molecule has 0 amide bonds. The first-order valence-electron chi connectivity index (χ1n) is 3.38. The Bertz CT molecular complexity index is 467. The number of nitriles is 1. The molecule has 0 N–H and O–H groups in total. The molecule has 58 valence electrons. The van der Waals surface area contributed by atoms with Gasteiger partial charge in [0.1, 0.15) is 6.07 Å². The molecule has 1 aromatic heterocycles. The van der Waals surface area contributed by atoms with Gasteiger partial charge in [0.05, 0.1) is 11.8 Å². The van der Waals surface area contributed by atoms with E-state index in [2.05, 4.69) is 0 Å². The highest BCUT2D eigenvalue weighted by molar-refractivity contribution is 6.31. The molecule has 0 bridgehead atoms. The summed E-state index contributed by atoms with van der Waals surface area (Å²) < 4.78 is 5.11. The molecule has 0 aliphatic rings. The molecule has 0 radical (unpaired) electrons. The van der Waals surface area contributed by atoms with Crippen molar-refractivity contribution < 1.29 is 4.42 Å². The average Bonchev–Trinajstić information content (AvgIpc) is 2.50. The predicted molar refractivity (Wildman–Crippen MR) is 45.9 cm³/mol. The fourth-order valence-electron chi connectivity index (χ4n) is 1.13. The van der Waals surface area contributed by atoms with Crippen LogP contribution in [0.2, 0.25) is 5.02 Å². The number of benzene rings is 1. The van der Waals surface area contributed by atoms with E-state index in [-0.39, 0.29) is 0 Å². The summed E-state index contributed by atoms with van der Waals surface area (Å²) in [4.78, 5) is 0. The first-order valence-corrected chi connectivity index (χ1v) is 3.76. The topological polar surface area (TPSA) is 36.9 Å². The van der Waals surface area contributed by atoms with Crippen molar-refractivity contribution in [3.63, 3.8) is 0 Å². The number of halogens is 1. The Morgan fingerprint density at radius 2 is 2.25 bits per heavy atom. The molecule has 3 heteroatoms. The van der Waals surface area contributed by atoms with E-state index in [0.717, 1.165) is 5.39 Å². The highest BCUT2D eigenvalue weighted by atomic mass is 35.5. The maximum atomic E-state index is 8.71. The zero-order valence-corrected chi connectivity index (χ0v) is 6.80. The quantitative estimate of drug-likeness (QED) is 0.620. The summed E-state index contributed by atoms with van der Waals surface area (Å²) in [6, 6.07) is 7.15. The molecule has 2 rings (SSSR count). The van der Waals surface area contributed by atoms with Gasteiger partial charge in [-0.1, -0.05) is 11.6 Å². The SMILES string of the molecule is N#Cc1cc(Cl)cc2ccoc12. The molecule has 2 nitrogen and oxygen atoms in total. The van der Waals surface area contributed by atoms with Crippen LogP contribution in [0.15, 0.2) is 28.9 Å². The Morgan fingerprint density at radius 3 is 3.00 bits per heavy atom. The van der Waals surface area contributed by atoms with E-state index >= 15 is 0 Å². The van der Waals surface area contributed by atoms with Crippen molar-refractivity contribution in [3.05, 3.63) is 35.0 Å². The minimum Gasteiger partial charge on any atom is -0.463 e. The summed E-state index contributed by atoms with van der Waals surface area (Å²) >= 11 is 5.77. The van der Waals surface area contributed by atoms with Crippen LogP contribution < -0.4 is 0 Å². The monoisotopic (exact) mass is 177 g/mol. The zero-order valence-electron chi connectivity index (χ0n) is 6.04. The second kappa shape index (κ2) is 2.54. The highest BCUT2D eigenvalue weighted by Gasteiger charge is 2.04. The third-order valence-corrected chi connectivity index (χ3v) is 1.85. The molecular weight excluding hydrogens is 174 g/mol. The summed E-state index contributed by atoms with van der Waals surface area (Å²) in [7, 11) is 0. The highest BCUT2D eigenvalue weighted by Crippen LogP contribution is 2.23. The maximum absolute atomic E-state index is 8.71. The van der Waals surface area contributed by atoms with E-state index in [1.165, 1.54) is 0 Å². The van der Waals surface area contributed by atoms with Gasteiger partial charge >= 0.3 is 0 Å². The predicted octanol–water partition coefficient (Wildman–Crippen LogP) is 2.96. The van der Waals surface area contributed by atoms with Gasteiger partial charge in [-0.15, -0.1) is 0 Å². The van der Waals surface area contributed by atoms with Gasteiger partial charge in [-0.3, -0.25) is 0 Å². The number of fused-ring (bicyclic) bond motifs is 1. The molecular formula is C9H4ClNO. The minimum atomic E-state index is 0.475. The van der Waals surface area contributed by atoms with Crippen LogP contribution >= 0.6 is 11.6 Å². The fraction of sp³-hybridized carbons (Fsp3) is 0. The lowest BCUT2D eigenvalue weighted by atomic mass is 10.2. The van der Waals surface area contributed by atoms with Crippen molar-refractivity contribution >= 4 is 22.6 Å². The molecule has 1 aromatic carbocycles. The van der Waals surface area contributed by atoms with Crippen LogP contribution in [-0.2, 0) is 0 Å². The molecule has 0 aliphatic heterocycles. The minimum absolute atomic E-state index is 0.475. The fourth-order valence-corrected chi connectivity index (χ4v) is 1.36. The molecule has 0 unspecified atom stereocenters. The molecule has 0 atom stereocenters. The average molecular weight is 178 g/mol.